The molecule has 7 heteroatoms. The summed E-state index contributed by atoms with van der Waals surface area (Å²) >= 11 is 0. The summed E-state index contributed by atoms with van der Waals surface area (Å²) in [5, 5.41) is 8.64. The molecule has 4 nitrogen and oxygen atoms in total. The van der Waals surface area contributed by atoms with Crippen LogP contribution < -0.4 is 10.5 Å². The zero-order valence-electron chi connectivity index (χ0n) is 7.91. The minimum Gasteiger partial charge on any atom is -0.485 e. The molecule has 16 heavy (non-hydrogen) atoms. The third-order valence-corrected chi connectivity index (χ3v) is 1.70. The van der Waals surface area contributed by atoms with E-state index in [1.165, 1.54) is 0 Å². The van der Waals surface area contributed by atoms with Crippen LogP contribution in [0.25, 0.3) is 0 Å². The van der Waals surface area contributed by atoms with Crippen molar-refractivity contribution in [2.75, 3.05) is 12.3 Å². The number of ether oxygens (including phenoxy) is 1. The Morgan fingerprint density at radius 1 is 1.50 bits per heavy atom. The van der Waals surface area contributed by atoms with Crippen LogP contribution in [0.4, 0.5) is 18.9 Å². The molecular formula is C9H8F3NO3. The van der Waals surface area contributed by atoms with Crippen LogP contribution in [0.3, 0.4) is 0 Å². The normalized spacial score (nSPS) is 10.5. The number of carbonyl (C=O) groups is 1. The van der Waals surface area contributed by atoms with Gasteiger partial charge in [-0.15, -0.1) is 0 Å². The number of hydrogen-bond donors (Lipinski definition) is 2. The predicted octanol–water partition coefficient (Wildman–Crippen LogP) is 1.75. The van der Waals surface area contributed by atoms with E-state index in [9.17, 15) is 18.0 Å². The van der Waals surface area contributed by atoms with E-state index >= 15 is 0 Å². The van der Waals surface area contributed by atoms with Crippen LogP contribution >= 0.6 is 0 Å². The zero-order chi connectivity index (χ0) is 12.3. The van der Waals surface area contributed by atoms with Crippen molar-refractivity contribution in [1.82, 2.24) is 0 Å². The molecule has 0 aliphatic rings. The number of carboxylic acids is 1. The Morgan fingerprint density at radius 3 is 2.62 bits per heavy atom. The van der Waals surface area contributed by atoms with E-state index in [1.807, 2.05) is 0 Å². The molecule has 0 bridgehead atoms. The average molecular weight is 235 g/mol. The Kier molecular flexibility index (Phi) is 3.60. The van der Waals surface area contributed by atoms with Crippen molar-refractivity contribution in [3.63, 3.8) is 0 Å². The number of alkyl halides is 2. The highest BCUT2D eigenvalue weighted by Gasteiger charge is 2.16. The molecule has 0 aliphatic heterocycles. The number of benzene rings is 1. The van der Waals surface area contributed by atoms with Crippen LogP contribution in [0.5, 0.6) is 5.75 Å². The second-order valence-electron chi connectivity index (χ2n) is 2.87. The smallest absolute Gasteiger partial charge is 0.338 e. The minimum atomic E-state index is -2.75. The van der Waals surface area contributed by atoms with Gasteiger partial charge < -0.3 is 15.6 Å². The Hall–Kier alpha value is -1.92. The third kappa shape index (κ3) is 2.78. The summed E-state index contributed by atoms with van der Waals surface area (Å²) in [5.74, 6) is -2.78. The number of nitrogen functional groups attached to an aromatic ring is 1. The highest BCUT2D eigenvalue weighted by molar-refractivity contribution is 5.95. The first kappa shape index (κ1) is 12.2. The fourth-order valence-corrected chi connectivity index (χ4v) is 1.04. The van der Waals surface area contributed by atoms with E-state index in [2.05, 4.69) is 4.74 Å². The van der Waals surface area contributed by atoms with Gasteiger partial charge in [0.25, 0.3) is 6.43 Å². The number of aromatic carboxylic acids is 1. The first-order valence-corrected chi connectivity index (χ1v) is 4.15. The van der Waals surface area contributed by atoms with Gasteiger partial charge in [-0.1, -0.05) is 0 Å². The molecule has 0 saturated heterocycles. The Balaban J connectivity index is 3.04. The van der Waals surface area contributed by atoms with Crippen LogP contribution in [-0.4, -0.2) is 24.1 Å². The predicted molar refractivity (Wildman–Crippen MR) is 49.3 cm³/mol. The SMILES string of the molecule is Nc1c(OCC(F)F)cc(F)cc1C(=O)O. The van der Waals surface area contributed by atoms with Gasteiger partial charge in [-0.3, -0.25) is 0 Å². The number of nitrogens with two attached hydrogens (primary N) is 1. The van der Waals surface area contributed by atoms with Crippen LogP contribution in [-0.2, 0) is 0 Å². The molecule has 0 radical (unpaired) electrons. The Morgan fingerprint density at radius 2 is 2.12 bits per heavy atom. The lowest BCUT2D eigenvalue weighted by Crippen LogP contribution is -2.11. The maximum atomic E-state index is 12.9. The van der Waals surface area contributed by atoms with Crippen molar-refractivity contribution in [2.45, 2.75) is 6.43 Å². The first-order valence-electron chi connectivity index (χ1n) is 4.15. The fourth-order valence-electron chi connectivity index (χ4n) is 1.04. The van der Waals surface area contributed by atoms with E-state index in [4.69, 9.17) is 10.8 Å². The van der Waals surface area contributed by atoms with Crippen molar-refractivity contribution >= 4 is 11.7 Å². The number of anilines is 1. The zero-order valence-corrected chi connectivity index (χ0v) is 7.91. The van der Waals surface area contributed by atoms with Gasteiger partial charge >= 0.3 is 5.97 Å². The maximum Gasteiger partial charge on any atom is 0.338 e. The summed E-state index contributed by atoms with van der Waals surface area (Å²) < 4.78 is 41.1. The molecular weight excluding hydrogens is 227 g/mol. The summed E-state index contributed by atoms with van der Waals surface area (Å²) in [6.07, 6.45) is -2.75. The van der Waals surface area contributed by atoms with Crippen LogP contribution in [0, 0.1) is 5.82 Å². The monoisotopic (exact) mass is 235 g/mol. The second kappa shape index (κ2) is 4.73. The van der Waals surface area contributed by atoms with Gasteiger partial charge in [-0.05, 0) is 6.07 Å². The van der Waals surface area contributed by atoms with E-state index in [1.54, 1.807) is 0 Å². The van der Waals surface area contributed by atoms with Crippen LogP contribution in [0.1, 0.15) is 10.4 Å². The number of hydrogen-bond acceptors (Lipinski definition) is 3. The lowest BCUT2D eigenvalue weighted by Gasteiger charge is -2.10. The molecule has 0 spiro atoms. The van der Waals surface area contributed by atoms with Crippen molar-refractivity contribution < 1.29 is 27.8 Å². The molecule has 0 aromatic heterocycles. The van der Waals surface area contributed by atoms with Gasteiger partial charge in [0.05, 0.1) is 11.3 Å². The molecule has 1 aromatic carbocycles. The molecule has 0 amide bonds. The average Bonchev–Trinajstić information content (AvgIpc) is 2.18. The number of rotatable bonds is 4. The van der Waals surface area contributed by atoms with E-state index in [-0.39, 0.29) is 5.69 Å². The minimum absolute atomic E-state index is 0.380. The molecule has 1 rings (SSSR count). The summed E-state index contributed by atoms with van der Waals surface area (Å²) in [6.45, 7) is -0.979. The van der Waals surface area contributed by atoms with E-state index in [0.29, 0.717) is 6.07 Å². The molecule has 3 N–H and O–H groups in total. The highest BCUT2D eigenvalue weighted by atomic mass is 19.3. The largest absolute Gasteiger partial charge is 0.485 e. The lowest BCUT2D eigenvalue weighted by atomic mass is 10.1. The molecule has 0 heterocycles. The summed E-state index contributed by atoms with van der Waals surface area (Å²) in [6, 6.07) is 1.44. The molecule has 0 fully saturated rings. The molecule has 0 aliphatic carbocycles. The first-order chi connectivity index (χ1) is 7.41. The summed E-state index contributed by atoms with van der Waals surface area (Å²) in [7, 11) is 0. The lowest BCUT2D eigenvalue weighted by molar-refractivity contribution is 0.0696. The molecule has 0 atom stereocenters. The van der Waals surface area contributed by atoms with Crippen molar-refractivity contribution in [3.05, 3.63) is 23.5 Å². The number of halogens is 3. The van der Waals surface area contributed by atoms with Crippen molar-refractivity contribution in [3.8, 4) is 5.75 Å². The van der Waals surface area contributed by atoms with Gasteiger partial charge in [0.2, 0.25) is 0 Å². The Bertz CT molecular complexity index is 409. The molecule has 1 aromatic rings. The molecule has 0 saturated carbocycles. The van der Waals surface area contributed by atoms with Gasteiger partial charge in [0.15, 0.2) is 0 Å². The topological polar surface area (TPSA) is 72.5 Å². The van der Waals surface area contributed by atoms with Crippen LogP contribution in [0.15, 0.2) is 12.1 Å². The van der Waals surface area contributed by atoms with Gasteiger partial charge in [-0.25, -0.2) is 18.0 Å². The standard InChI is InChI=1S/C9H8F3NO3/c10-4-1-5(9(14)15)8(13)6(2-4)16-3-7(11)12/h1-2,7H,3,13H2,(H,14,15). The Labute approximate surface area is 88.4 Å². The molecule has 0 unspecified atom stereocenters. The third-order valence-electron chi connectivity index (χ3n) is 1.70. The van der Waals surface area contributed by atoms with Crippen LogP contribution in [0.2, 0.25) is 0 Å². The quantitative estimate of drug-likeness (QED) is 0.780. The second-order valence-corrected chi connectivity index (χ2v) is 2.87. The van der Waals surface area contributed by atoms with E-state index < -0.39 is 36.1 Å². The summed E-state index contributed by atoms with van der Waals surface area (Å²) in [4.78, 5) is 10.6. The van der Waals surface area contributed by atoms with Gasteiger partial charge in [0.1, 0.15) is 18.2 Å². The molecule has 88 valence electrons. The maximum absolute atomic E-state index is 12.9. The van der Waals surface area contributed by atoms with Gasteiger partial charge in [0, 0.05) is 6.07 Å². The summed E-state index contributed by atoms with van der Waals surface area (Å²) in [5.41, 5.74) is 4.42. The van der Waals surface area contributed by atoms with E-state index in [0.717, 1.165) is 6.07 Å². The van der Waals surface area contributed by atoms with Crippen molar-refractivity contribution in [1.29, 1.82) is 0 Å². The van der Waals surface area contributed by atoms with Crippen molar-refractivity contribution in [2.24, 2.45) is 0 Å². The number of carboxylic acid groups (broad SMARTS) is 1. The highest BCUT2D eigenvalue weighted by Crippen LogP contribution is 2.27. The fraction of sp³-hybridized carbons (Fsp3) is 0.222. The van der Waals surface area contributed by atoms with Gasteiger partial charge in [-0.2, -0.15) is 0 Å².